The van der Waals surface area contributed by atoms with Gasteiger partial charge in [0.2, 0.25) is 5.91 Å². The molecule has 3 radical (unpaired) electrons. The predicted molar refractivity (Wildman–Crippen MR) is 349 cm³/mol. The van der Waals surface area contributed by atoms with Crippen molar-refractivity contribution in [1.82, 2.24) is 14.7 Å². The summed E-state index contributed by atoms with van der Waals surface area (Å²) >= 11 is 4.72. The summed E-state index contributed by atoms with van der Waals surface area (Å²) in [5.74, 6) is 0.868. The summed E-state index contributed by atoms with van der Waals surface area (Å²) < 4.78 is 0. The Balaban J connectivity index is 0.000000283. The van der Waals surface area contributed by atoms with E-state index in [1.165, 1.54) is 176 Å². The fraction of sp³-hybridized carbons (Fsp3) is 0.517. The van der Waals surface area contributed by atoms with Crippen molar-refractivity contribution in [1.29, 1.82) is 5.41 Å². The largest absolute Gasteiger partial charge is 1.00 e. The molecular weight excluding hydrogens is 1150 g/mol. The minimum Gasteiger partial charge on any atom is -1.00 e. The van der Waals surface area contributed by atoms with Crippen LogP contribution in [0.3, 0.4) is 0 Å². The Bertz CT molecular complexity index is 2560. The van der Waals surface area contributed by atoms with Crippen LogP contribution in [0.4, 0.5) is 34.1 Å². The number of hydrogen-bond acceptors (Lipinski definition) is 13. The number of aliphatic imine (C=N–C) groups is 1. The molecule has 18 heteroatoms. The van der Waals surface area contributed by atoms with Gasteiger partial charge in [-0.25, -0.2) is 4.99 Å². The van der Waals surface area contributed by atoms with E-state index in [1.54, 1.807) is 22.7 Å². The third kappa shape index (κ3) is 20.4. The van der Waals surface area contributed by atoms with Crippen molar-refractivity contribution in [3.63, 3.8) is 0 Å². The zero-order valence-electron chi connectivity index (χ0n) is 47.1. The smallest absolute Gasteiger partial charge is 1.00 e. The van der Waals surface area contributed by atoms with Gasteiger partial charge in [-0.15, -0.1) is 58.4 Å². The van der Waals surface area contributed by atoms with Gasteiger partial charge in [-0.05, 0) is 230 Å². The summed E-state index contributed by atoms with van der Waals surface area (Å²) in [4.78, 5) is 33.9. The van der Waals surface area contributed by atoms with Crippen molar-refractivity contribution in [3.05, 3.63) is 116 Å². The van der Waals surface area contributed by atoms with Crippen molar-refractivity contribution >= 4 is 127 Å². The molecule has 419 valence electrons. The molecule has 5 aromatic rings. The summed E-state index contributed by atoms with van der Waals surface area (Å²) in [7, 11) is 0. The molecular formula is C60H89AlILiN11OS3. The van der Waals surface area contributed by atoms with Crippen LogP contribution in [0, 0.1) is 5.41 Å². The first kappa shape index (κ1) is 67.5. The minimum absolute atomic E-state index is 0. The number of rotatable bonds is 12. The van der Waals surface area contributed by atoms with Crippen molar-refractivity contribution in [2.75, 3.05) is 124 Å². The second-order valence-corrected chi connectivity index (χ2v) is 23.2. The van der Waals surface area contributed by atoms with Crippen LogP contribution in [-0.4, -0.2) is 147 Å². The molecule has 78 heavy (non-hydrogen) atoms. The number of benzene rings is 3. The number of amides is 1. The topological polar surface area (TPSA) is 151 Å². The van der Waals surface area contributed by atoms with Crippen LogP contribution in [0.2, 0.25) is 0 Å². The molecule has 0 bridgehead atoms. The number of amidine groups is 1. The van der Waals surface area contributed by atoms with Crippen molar-refractivity contribution in [3.8, 4) is 0 Å². The summed E-state index contributed by atoms with van der Waals surface area (Å²) in [5, 5.41) is 12.0. The van der Waals surface area contributed by atoms with Crippen molar-refractivity contribution < 1.29 is 25.1 Å². The molecule has 0 aliphatic carbocycles. The van der Waals surface area contributed by atoms with Crippen LogP contribution in [0.25, 0.3) is 0 Å². The average Bonchev–Trinajstić information content (AvgIpc) is 4.30. The van der Waals surface area contributed by atoms with Gasteiger partial charge in [-0.3, -0.25) is 10.2 Å². The number of nitrogen functional groups attached to an aromatic ring is 2. The zero-order valence-corrected chi connectivity index (χ0v) is 52.1. The van der Waals surface area contributed by atoms with E-state index in [0.717, 1.165) is 77.9 Å². The van der Waals surface area contributed by atoms with E-state index in [-0.39, 0.29) is 75.0 Å². The number of nitrogens with zero attached hydrogens (tertiary/aromatic N) is 7. The Labute approximate surface area is 522 Å². The first-order valence-corrected chi connectivity index (χ1v) is 30.6. The molecule has 6 aliphatic heterocycles. The van der Waals surface area contributed by atoms with E-state index in [2.05, 4.69) is 59.8 Å². The number of anilines is 5. The van der Waals surface area contributed by atoms with Crippen molar-refractivity contribution in [2.45, 2.75) is 104 Å². The third-order valence-corrected chi connectivity index (χ3v) is 17.7. The van der Waals surface area contributed by atoms with E-state index in [1.807, 2.05) is 70.4 Å². The molecule has 11 rings (SSSR count). The second kappa shape index (κ2) is 35.7. The number of nitrogens with one attached hydrogen (secondary N) is 1. The van der Waals surface area contributed by atoms with Gasteiger partial charge < -0.3 is 48.0 Å². The van der Waals surface area contributed by atoms with Gasteiger partial charge in [0, 0.05) is 105 Å². The van der Waals surface area contributed by atoms with E-state index in [9.17, 15) is 4.79 Å². The van der Waals surface area contributed by atoms with Gasteiger partial charge in [0.15, 0.2) is 0 Å². The number of fused-ring (bicyclic) bond motifs is 3. The molecule has 0 atom stereocenters. The number of nitrogens with two attached hydrogens (primary N) is 3. The maximum atomic E-state index is 12.3. The number of carbonyl (C=O) groups is 1. The molecule has 6 aliphatic rings. The molecule has 3 saturated heterocycles. The Morgan fingerprint density at radius 2 is 1.01 bits per heavy atom. The fourth-order valence-electron chi connectivity index (χ4n) is 11.1. The minimum atomic E-state index is 0. The van der Waals surface area contributed by atoms with E-state index < -0.39 is 0 Å². The van der Waals surface area contributed by atoms with Crippen LogP contribution in [0.1, 0.15) is 112 Å². The molecule has 12 nitrogen and oxygen atoms in total. The normalized spacial score (nSPS) is 17.4. The van der Waals surface area contributed by atoms with E-state index in [4.69, 9.17) is 22.6 Å². The summed E-state index contributed by atoms with van der Waals surface area (Å²) in [6.45, 7) is 16.3. The van der Waals surface area contributed by atoms with Crippen LogP contribution >= 0.6 is 58.4 Å². The monoisotopic (exact) mass is 1240 g/mol. The Hall–Kier alpha value is -3.04. The number of thioether (sulfide) groups is 1. The number of thiophene rings is 2. The molecule has 0 spiro atoms. The molecule has 3 fully saturated rings. The standard InChI is InChI=1S/C21H28N4S.C16H23N3O.C16H25N3.C6H7NS2.CH4.Al.HI.Li.H/c22-21(20-7-5-15-26-20)23-18-8-9-19-17(16-18)6-1-2-12-25(19)14-13-24-10-3-4-11-24;17-14-6-7-15-13(12-14)4-3-5-16(20)19(15)11-10-18-8-1-2-9-18;17-15-6-7-16-14(13-15)5-1-2-10-19(16)12-11-18-8-3-4-9-18;1-8-6(7)5-3-2-4-9-5;;;;;/h5,7-9,15-16H,1-4,6,10-14H2,(H2,22,23);6-7,12H,1-5,8-11,17H2;6-7,13H,1-5,8-12,17H2;2-4,7H,1H3;1H4;;1H;;/q;;;;;;;+1;-1. The second-order valence-electron chi connectivity index (χ2n) is 20.5. The third-order valence-electron chi connectivity index (χ3n) is 15.2. The summed E-state index contributed by atoms with van der Waals surface area (Å²) in [6, 6.07) is 27.0. The summed E-state index contributed by atoms with van der Waals surface area (Å²) in [5.41, 5.74) is 28.6. The molecule has 3 aromatic carbocycles. The van der Waals surface area contributed by atoms with Crippen LogP contribution in [-0.2, 0) is 24.1 Å². The van der Waals surface area contributed by atoms with Gasteiger partial charge in [-0.2, -0.15) is 0 Å². The van der Waals surface area contributed by atoms with Crippen molar-refractivity contribution in [2.24, 2.45) is 10.7 Å². The Morgan fingerprint density at radius 3 is 1.51 bits per heavy atom. The molecule has 7 N–H and O–H groups in total. The summed E-state index contributed by atoms with van der Waals surface area (Å²) in [6.07, 6.45) is 19.9. The zero-order chi connectivity index (χ0) is 51.5. The first-order chi connectivity index (χ1) is 36.2. The van der Waals surface area contributed by atoms with Gasteiger partial charge >= 0.3 is 18.9 Å². The Morgan fingerprint density at radius 1 is 0.577 bits per heavy atom. The van der Waals surface area contributed by atoms with Gasteiger partial charge in [0.1, 0.15) is 10.9 Å². The maximum Gasteiger partial charge on any atom is 1.00 e. The number of carbonyl (C=O) groups excluding carboxylic acids is 1. The number of halogens is 1. The number of likely N-dealkylation sites (tertiary alicyclic amines) is 3. The Kier molecular flexibility index (Phi) is 30.9. The van der Waals surface area contributed by atoms with E-state index in [0.29, 0.717) is 17.3 Å². The van der Waals surface area contributed by atoms with Crippen LogP contribution in [0.5, 0.6) is 0 Å². The van der Waals surface area contributed by atoms with Gasteiger partial charge in [0.05, 0.1) is 15.4 Å². The molecule has 0 saturated carbocycles. The van der Waals surface area contributed by atoms with E-state index >= 15 is 0 Å². The SMILES string of the molecule is C.CSC(=N)c1cccs1.I.NC(=Nc1ccc2c(c1)CCCCN2CCN1CCCC1)c1cccs1.Nc1ccc2c(c1)CCCC(=O)N2CCN1CCCC1.Nc1ccc2c(c1)CCCCN2CCN1CCCC1.[Al].[H-].[Li+]. The quantitative estimate of drug-likeness (QED) is 0.0314. The molecule has 8 heterocycles. The van der Waals surface area contributed by atoms with Gasteiger partial charge in [-0.1, -0.05) is 19.6 Å². The average molecular weight is 1240 g/mol. The predicted octanol–water partition coefficient (Wildman–Crippen LogP) is 8.99. The first-order valence-electron chi connectivity index (χ1n) is 27.6. The maximum absolute atomic E-state index is 12.3. The number of aryl methyl sites for hydroxylation is 3. The molecule has 2 aromatic heterocycles. The van der Waals surface area contributed by atoms with Gasteiger partial charge in [0.25, 0.3) is 0 Å². The van der Waals surface area contributed by atoms with Crippen LogP contribution < -0.4 is 50.8 Å². The molecule has 0 unspecified atom stereocenters. The number of hydrogen-bond donors (Lipinski definition) is 4. The fourth-order valence-corrected chi connectivity index (χ4v) is 13.0. The van der Waals surface area contributed by atoms with Crippen LogP contribution in [0.15, 0.2) is 94.6 Å². The molecule has 1 amide bonds.